The number of benzene rings is 1. The molecular formula is C15H23FN2O. The number of rotatable bonds is 5. The Hall–Kier alpha value is -1.42. The number of hydrogen-bond donors (Lipinski definition) is 1. The summed E-state index contributed by atoms with van der Waals surface area (Å²) >= 11 is 0. The van der Waals surface area contributed by atoms with Gasteiger partial charge in [-0.3, -0.25) is 4.79 Å². The molecule has 3 nitrogen and oxygen atoms in total. The summed E-state index contributed by atoms with van der Waals surface area (Å²) in [6, 6.07) is 4.70. The van der Waals surface area contributed by atoms with E-state index in [-0.39, 0.29) is 17.5 Å². The Balaban J connectivity index is 2.66. The maximum absolute atomic E-state index is 13.7. The van der Waals surface area contributed by atoms with Gasteiger partial charge in [0.05, 0.1) is 5.56 Å². The van der Waals surface area contributed by atoms with E-state index < -0.39 is 5.82 Å². The quantitative estimate of drug-likeness (QED) is 0.890. The monoisotopic (exact) mass is 266 g/mol. The SMILES string of the molecule is Cc1ccc(C(=O)N(C)CC[C@@H](N)C(C)C)c(F)c1. The van der Waals surface area contributed by atoms with Crippen molar-refractivity contribution in [2.24, 2.45) is 11.7 Å². The van der Waals surface area contributed by atoms with E-state index in [1.54, 1.807) is 20.0 Å². The lowest BCUT2D eigenvalue weighted by Gasteiger charge is -2.21. The van der Waals surface area contributed by atoms with Crippen LogP contribution in [0.3, 0.4) is 0 Å². The van der Waals surface area contributed by atoms with E-state index >= 15 is 0 Å². The summed E-state index contributed by atoms with van der Waals surface area (Å²) in [5, 5.41) is 0. The second kappa shape index (κ2) is 6.66. The maximum atomic E-state index is 13.7. The number of amides is 1. The molecule has 1 aromatic carbocycles. The van der Waals surface area contributed by atoms with Crippen LogP contribution in [-0.2, 0) is 0 Å². The third-order valence-electron chi connectivity index (χ3n) is 3.36. The highest BCUT2D eigenvalue weighted by Gasteiger charge is 2.17. The molecule has 0 bridgehead atoms. The highest BCUT2D eigenvalue weighted by atomic mass is 19.1. The fourth-order valence-electron chi connectivity index (χ4n) is 1.78. The zero-order valence-electron chi connectivity index (χ0n) is 12.1. The van der Waals surface area contributed by atoms with Crippen molar-refractivity contribution in [3.8, 4) is 0 Å². The first kappa shape index (κ1) is 15.6. The van der Waals surface area contributed by atoms with Gasteiger partial charge in [0.15, 0.2) is 0 Å². The largest absolute Gasteiger partial charge is 0.342 e. The molecule has 0 aliphatic rings. The predicted molar refractivity (Wildman–Crippen MR) is 75.5 cm³/mol. The number of carbonyl (C=O) groups excluding carboxylic acids is 1. The topological polar surface area (TPSA) is 46.3 Å². The molecule has 0 heterocycles. The minimum atomic E-state index is -0.468. The Labute approximate surface area is 114 Å². The van der Waals surface area contributed by atoms with Gasteiger partial charge in [-0.05, 0) is 37.0 Å². The van der Waals surface area contributed by atoms with Crippen molar-refractivity contribution in [1.82, 2.24) is 4.90 Å². The van der Waals surface area contributed by atoms with E-state index in [1.807, 2.05) is 13.8 Å². The normalized spacial score (nSPS) is 12.6. The van der Waals surface area contributed by atoms with Crippen molar-refractivity contribution in [2.45, 2.75) is 33.2 Å². The van der Waals surface area contributed by atoms with Gasteiger partial charge in [0.1, 0.15) is 5.82 Å². The van der Waals surface area contributed by atoms with Gasteiger partial charge >= 0.3 is 0 Å². The van der Waals surface area contributed by atoms with Gasteiger partial charge in [0.25, 0.3) is 5.91 Å². The average Bonchev–Trinajstić information content (AvgIpc) is 2.34. The molecule has 0 unspecified atom stereocenters. The number of aryl methyl sites for hydroxylation is 1. The molecule has 1 atom stereocenters. The minimum absolute atomic E-state index is 0.0538. The van der Waals surface area contributed by atoms with Gasteiger partial charge in [-0.1, -0.05) is 19.9 Å². The third-order valence-corrected chi connectivity index (χ3v) is 3.36. The summed E-state index contributed by atoms with van der Waals surface area (Å²) in [5.41, 5.74) is 6.86. The van der Waals surface area contributed by atoms with Crippen LogP contribution in [0.25, 0.3) is 0 Å². The number of nitrogens with zero attached hydrogens (tertiary/aromatic N) is 1. The molecule has 1 rings (SSSR count). The Bertz CT molecular complexity index is 446. The Morgan fingerprint density at radius 1 is 1.42 bits per heavy atom. The smallest absolute Gasteiger partial charge is 0.256 e. The lowest BCUT2D eigenvalue weighted by Crippen LogP contribution is -2.35. The van der Waals surface area contributed by atoms with Crippen LogP contribution in [0, 0.1) is 18.7 Å². The molecule has 19 heavy (non-hydrogen) atoms. The Kier molecular flexibility index (Phi) is 5.48. The molecule has 0 fully saturated rings. The Morgan fingerprint density at radius 2 is 2.05 bits per heavy atom. The van der Waals surface area contributed by atoms with Crippen molar-refractivity contribution < 1.29 is 9.18 Å². The van der Waals surface area contributed by atoms with Gasteiger partial charge in [-0.2, -0.15) is 0 Å². The van der Waals surface area contributed by atoms with Crippen LogP contribution in [0.5, 0.6) is 0 Å². The molecular weight excluding hydrogens is 243 g/mol. The zero-order chi connectivity index (χ0) is 14.6. The fourth-order valence-corrected chi connectivity index (χ4v) is 1.78. The van der Waals surface area contributed by atoms with E-state index in [2.05, 4.69) is 0 Å². The third kappa shape index (κ3) is 4.31. The standard InChI is InChI=1S/C15H23FN2O/c1-10(2)14(17)7-8-18(4)15(19)12-6-5-11(3)9-13(12)16/h5-6,9-10,14H,7-8,17H2,1-4H3/t14-/m1/s1. The lowest BCUT2D eigenvalue weighted by atomic mass is 10.0. The average molecular weight is 266 g/mol. The van der Waals surface area contributed by atoms with E-state index in [1.165, 1.54) is 17.0 Å². The second-order valence-electron chi connectivity index (χ2n) is 5.41. The Morgan fingerprint density at radius 3 is 2.58 bits per heavy atom. The first-order valence-corrected chi connectivity index (χ1v) is 6.60. The number of halogens is 1. The summed E-state index contributed by atoms with van der Waals surface area (Å²) in [6.07, 6.45) is 0.716. The zero-order valence-corrected chi connectivity index (χ0v) is 12.1. The highest BCUT2D eigenvalue weighted by molar-refractivity contribution is 5.94. The summed E-state index contributed by atoms with van der Waals surface area (Å²) in [5.74, 6) is -0.391. The van der Waals surface area contributed by atoms with Crippen LogP contribution < -0.4 is 5.73 Å². The molecule has 1 amide bonds. The number of nitrogens with two attached hydrogens (primary N) is 1. The van der Waals surface area contributed by atoms with Crippen molar-refractivity contribution in [1.29, 1.82) is 0 Å². The second-order valence-corrected chi connectivity index (χ2v) is 5.41. The first-order valence-electron chi connectivity index (χ1n) is 6.60. The molecule has 0 aliphatic carbocycles. The molecule has 4 heteroatoms. The molecule has 0 spiro atoms. The summed E-state index contributed by atoms with van der Waals surface area (Å²) in [7, 11) is 1.68. The van der Waals surface area contributed by atoms with Crippen LogP contribution in [-0.4, -0.2) is 30.4 Å². The van der Waals surface area contributed by atoms with Gasteiger partial charge in [-0.15, -0.1) is 0 Å². The fraction of sp³-hybridized carbons (Fsp3) is 0.533. The molecule has 2 N–H and O–H groups in total. The first-order chi connectivity index (χ1) is 8.82. The van der Waals surface area contributed by atoms with E-state index in [0.717, 1.165) is 5.56 Å². The maximum Gasteiger partial charge on any atom is 0.256 e. The summed E-state index contributed by atoms with van der Waals surface area (Å²) < 4.78 is 13.7. The van der Waals surface area contributed by atoms with Crippen LogP contribution >= 0.6 is 0 Å². The number of carbonyl (C=O) groups is 1. The molecule has 0 aromatic heterocycles. The van der Waals surface area contributed by atoms with Gasteiger partial charge in [-0.25, -0.2) is 4.39 Å². The summed E-state index contributed by atoms with van der Waals surface area (Å²) in [4.78, 5) is 13.6. The van der Waals surface area contributed by atoms with E-state index in [0.29, 0.717) is 18.9 Å². The van der Waals surface area contributed by atoms with Gasteiger partial charge < -0.3 is 10.6 Å². The highest BCUT2D eigenvalue weighted by Crippen LogP contribution is 2.13. The van der Waals surface area contributed by atoms with E-state index in [4.69, 9.17) is 5.73 Å². The van der Waals surface area contributed by atoms with Crippen molar-refractivity contribution >= 4 is 5.91 Å². The van der Waals surface area contributed by atoms with Crippen LogP contribution in [0.15, 0.2) is 18.2 Å². The van der Waals surface area contributed by atoms with Crippen LogP contribution in [0.1, 0.15) is 36.2 Å². The van der Waals surface area contributed by atoms with Crippen molar-refractivity contribution in [2.75, 3.05) is 13.6 Å². The number of hydrogen-bond acceptors (Lipinski definition) is 2. The van der Waals surface area contributed by atoms with Gasteiger partial charge in [0.2, 0.25) is 0 Å². The van der Waals surface area contributed by atoms with Crippen LogP contribution in [0.4, 0.5) is 4.39 Å². The van der Waals surface area contributed by atoms with Crippen molar-refractivity contribution in [3.05, 3.63) is 35.1 Å². The molecule has 0 saturated carbocycles. The van der Waals surface area contributed by atoms with Gasteiger partial charge in [0, 0.05) is 19.6 Å². The predicted octanol–water partition coefficient (Wildman–Crippen LogP) is 2.58. The molecule has 1 aromatic rings. The van der Waals surface area contributed by atoms with Crippen molar-refractivity contribution in [3.63, 3.8) is 0 Å². The molecule has 0 aliphatic heterocycles. The van der Waals surface area contributed by atoms with Crippen LogP contribution in [0.2, 0.25) is 0 Å². The lowest BCUT2D eigenvalue weighted by molar-refractivity contribution is 0.0784. The summed E-state index contributed by atoms with van der Waals surface area (Å²) in [6.45, 7) is 6.42. The molecule has 0 radical (unpaired) electrons. The molecule has 106 valence electrons. The minimum Gasteiger partial charge on any atom is -0.342 e. The molecule has 0 saturated heterocycles. The van der Waals surface area contributed by atoms with E-state index in [9.17, 15) is 9.18 Å².